The van der Waals surface area contributed by atoms with Crippen molar-refractivity contribution in [2.45, 2.75) is 18.9 Å². The Morgan fingerprint density at radius 1 is 1.28 bits per heavy atom. The number of aromatic nitrogens is 1. The minimum atomic E-state index is 0.508. The van der Waals surface area contributed by atoms with Gasteiger partial charge >= 0.3 is 0 Å². The molecule has 0 spiro atoms. The van der Waals surface area contributed by atoms with Crippen LogP contribution in [0.2, 0.25) is 0 Å². The van der Waals surface area contributed by atoms with Gasteiger partial charge in [0.1, 0.15) is 5.82 Å². The lowest BCUT2D eigenvalue weighted by Crippen LogP contribution is -2.45. The molecule has 1 N–H and O–H groups in total. The van der Waals surface area contributed by atoms with Crippen molar-refractivity contribution in [2.24, 2.45) is 0 Å². The third-order valence-electron chi connectivity index (χ3n) is 4.06. The van der Waals surface area contributed by atoms with E-state index < -0.39 is 0 Å². The summed E-state index contributed by atoms with van der Waals surface area (Å²) in [6, 6.07) is 4.81. The molecule has 0 bridgehead atoms. The summed E-state index contributed by atoms with van der Waals surface area (Å²) in [5.41, 5.74) is 1.39. The normalized spacial score (nSPS) is 25.6. The molecule has 2 aliphatic rings. The van der Waals surface area contributed by atoms with E-state index in [1.807, 2.05) is 6.20 Å². The summed E-state index contributed by atoms with van der Waals surface area (Å²) >= 11 is 0. The highest BCUT2D eigenvalue weighted by atomic mass is 15.3. The molecule has 1 aromatic heterocycles. The minimum absolute atomic E-state index is 0.508. The van der Waals surface area contributed by atoms with Gasteiger partial charge in [-0.25, -0.2) is 4.98 Å². The van der Waals surface area contributed by atoms with E-state index in [1.54, 1.807) is 0 Å². The van der Waals surface area contributed by atoms with Crippen LogP contribution in [0.1, 0.15) is 24.4 Å². The SMILES string of the molecule is CN1CCN(c2ncccc2[C@@H]2CCCN2)CC1. The van der Waals surface area contributed by atoms with E-state index in [0.29, 0.717) is 6.04 Å². The zero-order valence-electron chi connectivity index (χ0n) is 11.1. The number of likely N-dealkylation sites (N-methyl/N-ethyl adjacent to an activating group) is 1. The van der Waals surface area contributed by atoms with E-state index in [4.69, 9.17) is 0 Å². The van der Waals surface area contributed by atoms with Gasteiger partial charge in [-0.15, -0.1) is 0 Å². The number of nitrogens with one attached hydrogen (secondary N) is 1. The maximum atomic E-state index is 4.64. The number of nitrogens with zero attached hydrogens (tertiary/aromatic N) is 3. The van der Waals surface area contributed by atoms with E-state index in [1.165, 1.54) is 24.2 Å². The van der Waals surface area contributed by atoms with E-state index >= 15 is 0 Å². The number of anilines is 1. The number of piperazine rings is 1. The summed E-state index contributed by atoms with van der Waals surface area (Å²) in [4.78, 5) is 9.46. The summed E-state index contributed by atoms with van der Waals surface area (Å²) in [6.45, 7) is 5.59. The molecule has 0 saturated carbocycles. The van der Waals surface area contributed by atoms with Gasteiger partial charge in [0.05, 0.1) is 0 Å². The van der Waals surface area contributed by atoms with Crippen LogP contribution in [0.3, 0.4) is 0 Å². The molecular formula is C14H22N4. The van der Waals surface area contributed by atoms with Crippen molar-refractivity contribution in [1.82, 2.24) is 15.2 Å². The topological polar surface area (TPSA) is 31.4 Å². The third-order valence-corrected chi connectivity index (χ3v) is 4.06. The molecule has 3 rings (SSSR count). The summed E-state index contributed by atoms with van der Waals surface area (Å²) in [5.74, 6) is 1.20. The van der Waals surface area contributed by atoms with Crippen LogP contribution in [0, 0.1) is 0 Å². The van der Waals surface area contributed by atoms with Crippen LogP contribution >= 0.6 is 0 Å². The molecule has 1 aromatic rings. The second-order valence-corrected chi connectivity index (χ2v) is 5.36. The van der Waals surface area contributed by atoms with Crippen LogP contribution in [0.5, 0.6) is 0 Å². The van der Waals surface area contributed by atoms with Crippen LogP contribution in [-0.4, -0.2) is 49.7 Å². The van der Waals surface area contributed by atoms with Crippen LogP contribution in [0.25, 0.3) is 0 Å². The molecule has 0 radical (unpaired) electrons. The summed E-state index contributed by atoms with van der Waals surface area (Å²) < 4.78 is 0. The molecule has 2 aliphatic heterocycles. The van der Waals surface area contributed by atoms with Gasteiger partial charge in [0.2, 0.25) is 0 Å². The van der Waals surface area contributed by atoms with Gasteiger partial charge in [-0.1, -0.05) is 6.07 Å². The number of hydrogen-bond donors (Lipinski definition) is 1. The highest BCUT2D eigenvalue weighted by molar-refractivity contribution is 5.49. The lowest BCUT2D eigenvalue weighted by molar-refractivity contribution is 0.311. The Kier molecular flexibility index (Phi) is 3.48. The lowest BCUT2D eigenvalue weighted by atomic mass is 10.1. The first-order valence-corrected chi connectivity index (χ1v) is 6.96. The van der Waals surface area contributed by atoms with Gasteiger partial charge in [0.25, 0.3) is 0 Å². The molecule has 2 fully saturated rings. The third kappa shape index (κ3) is 2.35. The second-order valence-electron chi connectivity index (χ2n) is 5.36. The molecule has 0 amide bonds. The van der Waals surface area contributed by atoms with E-state index in [2.05, 4.69) is 39.3 Å². The van der Waals surface area contributed by atoms with Gasteiger partial charge in [0.15, 0.2) is 0 Å². The first-order valence-electron chi connectivity index (χ1n) is 6.96. The lowest BCUT2D eigenvalue weighted by Gasteiger charge is -2.34. The highest BCUT2D eigenvalue weighted by Gasteiger charge is 2.24. The molecule has 4 heteroatoms. The fourth-order valence-electron chi connectivity index (χ4n) is 2.91. The van der Waals surface area contributed by atoms with Crippen molar-refractivity contribution in [3.63, 3.8) is 0 Å². The molecule has 0 aliphatic carbocycles. The van der Waals surface area contributed by atoms with Crippen molar-refractivity contribution in [2.75, 3.05) is 44.7 Å². The smallest absolute Gasteiger partial charge is 0.133 e. The van der Waals surface area contributed by atoms with Gasteiger partial charge in [-0.3, -0.25) is 0 Å². The van der Waals surface area contributed by atoms with Gasteiger partial charge in [0, 0.05) is 44.0 Å². The van der Waals surface area contributed by atoms with Crippen molar-refractivity contribution < 1.29 is 0 Å². The first kappa shape index (κ1) is 11.9. The van der Waals surface area contributed by atoms with E-state index in [0.717, 1.165) is 32.7 Å². The van der Waals surface area contributed by atoms with Crippen molar-refractivity contribution in [1.29, 1.82) is 0 Å². The molecule has 98 valence electrons. The molecule has 2 saturated heterocycles. The van der Waals surface area contributed by atoms with Crippen LogP contribution in [0.15, 0.2) is 18.3 Å². The molecule has 3 heterocycles. The number of pyridine rings is 1. The first-order chi connectivity index (χ1) is 8.84. The van der Waals surface area contributed by atoms with E-state index in [-0.39, 0.29) is 0 Å². The molecule has 4 nitrogen and oxygen atoms in total. The predicted molar refractivity (Wildman–Crippen MR) is 73.9 cm³/mol. The van der Waals surface area contributed by atoms with Crippen LogP contribution < -0.4 is 10.2 Å². The van der Waals surface area contributed by atoms with Crippen LogP contribution in [0.4, 0.5) is 5.82 Å². The summed E-state index contributed by atoms with van der Waals surface area (Å²) in [6.07, 6.45) is 4.44. The monoisotopic (exact) mass is 246 g/mol. The fraction of sp³-hybridized carbons (Fsp3) is 0.643. The largest absolute Gasteiger partial charge is 0.354 e. The fourth-order valence-corrected chi connectivity index (χ4v) is 2.91. The van der Waals surface area contributed by atoms with E-state index in [9.17, 15) is 0 Å². The molecule has 0 unspecified atom stereocenters. The molecule has 18 heavy (non-hydrogen) atoms. The van der Waals surface area contributed by atoms with Crippen molar-refractivity contribution in [3.05, 3.63) is 23.9 Å². The van der Waals surface area contributed by atoms with Gasteiger partial charge in [-0.05, 0) is 32.5 Å². The number of hydrogen-bond acceptors (Lipinski definition) is 4. The maximum Gasteiger partial charge on any atom is 0.133 e. The predicted octanol–water partition coefficient (Wildman–Crippen LogP) is 1.26. The minimum Gasteiger partial charge on any atom is -0.354 e. The Hall–Kier alpha value is -1.13. The molecular weight excluding hydrogens is 224 g/mol. The Bertz CT molecular complexity index is 393. The highest BCUT2D eigenvalue weighted by Crippen LogP contribution is 2.30. The van der Waals surface area contributed by atoms with Crippen molar-refractivity contribution in [3.8, 4) is 0 Å². The maximum absolute atomic E-state index is 4.64. The quantitative estimate of drug-likeness (QED) is 0.851. The zero-order valence-corrected chi connectivity index (χ0v) is 11.1. The molecule has 1 atom stereocenters. The molecule has 0 aromatic carbocycles. The average Bonchev–Trinajstić information content (AvgIpc) is 2.93. The average molecular weight is 246 g/mol. The Balaban J connectivity index is 1.82. The Morgan fingerprint density at radius 3 is 2.83 bits per heavy atom. The van der Waals surface area contributed by atoms with Gasteiger partial charge in [-0.2, -0.15) is 0 Å². The summed E-state index contributed by atoms with van der Waals surface area (Å²) in [5, 5.41) is 3.58. The van der Waals surface area contributed by atoms with Gasteiger partial charge < -0.3 is 15.1 Å². The zero-order chi connectivity index (χ0) is 12.4. The second kappa shape index (κ2) is 5.24. The standard InChI is InChI=1S/C14H22N4/c1-17-8-10-18(11-9-17)14-12(4-2-7-16-14)13-5-3-6-15-13/h2,4,7,13,15H,3,5-6,8-11H2,1H3/t13-/m0/s1. The van der Waals surface area contributed by atoms with Crippen molar-refractivity contribution >= 4 is 5.82 Å². The van der Waals surface area contributed by atoms with Crippen LogP contribution in [-0.2, 0) is 0 Å². The summed E-state index contributed by atoms with van der Waals surface area (Å²) in [7, 11) is 2.19. The Labute approximate surface area is 109 Å². The Morgan fingerprint density at radius 2 is 2.11 bits per heavy atom. The number of rotatable bonds is 2.